The second-order valence-corrected chi connectivity index (χ2v) is 7.31. The summed E-state index contributed by atoms with van der Waals surface area (Å²) in [6.45, 7) is 1.85. The summed E-state index contributed by atoms with van der Waals surface area (Å²) in [5.74, 6) is 0.268. The van der Waals surface area contributed by atoms with Crippen molar-refractivity contribution in [2.45, 2.75) is 31.3 Å². The zero-order valence-electron chi connectivity index (χ0n) is 11.5. The van der Waals surface area contributed by atoms with E-state index in [1.54, 1.807) is 28.2 Å². The van der Waals surface area contributed by atoms with E-state index in [0.29, 0.717) is 18.5 Å². The number of carbonyl (C=O) groups excluding carboxylic acids is 1. The number of amides is 1. The van der Waals surface area contributed by atoms with E-state index in [2.05, 4.69) is 20.0 Å². The van der Waals surface area contributed by atoms with Gasteiger partial charge in [0, 0.05) is 18.0 Å². The van der Waals surface area contributed by atoms with Crippen molar-refractivity contribution in [1.82, 2.24) is 15.1 Å². The number of thiophene rings is 1. The molecule has 7 heteroatoms. The highest BCUT2D eigenvalue weighted by Gasteiger charge is 2.45. The van der Waals surface area contributed by atoms with E-state index in [4.69, 9.17) is 0 Å². The molecule has 2 aromatic rings. The summed E-state index contributed by atoms with van der Waals surface area (Å²) in [7, 11) is 0. The minimum atomic E-state index is 0.268. The van der Waals surface area contributed by atoms with Crippen LogP contribution >= 0.6 is 22.7 Å². The lowest BCUT2D eigenvalue weighted by molar-refractivity contribution is -0.131. The Hall–Kier alpha value is -1.47. The van der Waals surface area contributed by atoms with Crippen LogP contribution in [0.2, 0.25) is 0 Å². The minimum absolute atomic E-state index is 0.268. The Morgan fingerprint density at radius 3 is 2.95 bits per heavy atom. The normalized spacial score (nSPS) is 24.6. The van der Waals surface area contributed by atoms with Crippen molar-refractivity contribution in [2.75, 3.05) is 18.0 Å². The summed E-state index contributed by atoms with van der Waals surface area (Å²) in [5, 5.41) is 11.1. The molecule has 0 saturated carbocycles. The predicted octanol–water partition coefficient (Wildman–Crippen LogP) is 2.02. The summed E-state index contributed by atoms with van der Waals surface area (Å²) in [6.07, 6.45) is 2.63. The van der Waals surface area contributed by atoms with Crippen LogP contribution in [-0.2, 0) is 11.2 Å². The van der Waals surface area contributed by atoms with Gasteiger partial charge in [0.1, 0.15) is 5.51 Å². The molecule has 0 bridgehead atoms. The standard InChI is InChI=1S/C14H16N4OS2/c19-13(8-10-2-1-7-20-10)17-5-3-12-11(17)4-6-18(12)14-16-15-9-21-14/h1-2,7,9,11-12H,3-6,8H2/t11-,12+/m1/s1. The zero-order valence-corrected chi connectivity index (χ0v) is 13.1. The number of likely N-dealkylation sites (tertiary alicyclic amines) is 1. The fraction of sp³-hybridized carbons (Fsp3) is 0.500. The van der Waals surface area contributed by atoms with E-state index in [1.807, 2.05) is 17.5 Å². The number of carbonyl (C=O) groups is 1. The van der Waals surface area contributed by atoms with Gasteiger partial charge in [-0.2, -0.15) is 0 Å². The van der Waals surface area contributed by atoms with Gasteiger partial charge in [0.2, 0.25) is 11.0 Å². The fourth-order valence-corrected chi connectivity index (χ4v) is 4.83. The minimum Gasteiger partial charge on any atom is -0.341 e. The van der Waals surface area contributed by atoms with Gasteiger partial charge in [-0.05, 0) is 24.3 Å². The number of hydrogen-bond donors (Lipinski definition) is 0. The van der Waals surface area contributed by atoms with Crippen molar-refractivity contribution in [3.63, 3.8) is 0 Å². The van der Waals surface area contributed by atoms with Crippen LogP contribution in [0.25, 0.3) is 0 Å². The molecule has 5 nitrogen and oxygen atoms in total. The van der Waals surface area contributed by atoms with Crippen LogP contribution in [0.5, 0.6) is 0 Å². The lowest BCUT2D eigenvalue weighted by atomic mass is 10.1. The topological polar surface area (TPSA) is 49.3 Å². The molecule has 0 aliphatic carbocycles. The van der Waals surface area contributed by atoms with Crippen molar-refractivity contribution in [3.8, 4) is 0 Å². The van der Waals surface area contributed by atoms with Crippen molar-refractivity contribution in [3.05, 3.63) is 27.9 Å². The third-order valence-electron chi connectivity index (χ3n) is 4.40. The van der Waals surface area contributed by atoms with Crippen molar-refractivity contribution >= 4 is 33.7 Å². The number of rotatable bonds is 3. The first-order valence-electron chi connectivity index (χ1n) is 7.17. The molecule has 4 rings (SSSR count). The summed E-state index contributed by atoms with van der Waals surface area (Å²) in [4.78, 5) is 18.1. The maximum atomic E-state index is 12.5. The van der Waals surface area contributed by atoms with Gasteiger partial charge in [-0.25, -0.2) is 0 Å². The first-order valence-corrected chi connectivity index (χ1v) is 8.93. The van der Waals surface area contributed by atoms with E-state index in [1.165, 1.54) is 0 Å². The average molecular weight is 320 g/mol. The Morgan fingerprint density at radius 1 is 1.29 bits per heavy atom. The van der Waals surface area contributed by atoms with Gasteiger partial charge in [0.15, 0.2) is 0 Å². The van der Waals surface area contributed by atoms with Gasteiger partial charge in [0.05, 0.1) is 18.5 Å². The van der Waals surface area contributed by atoms with Gasteiger partial charge < -0.3 is 9.80 Å². The molecule has 1 amide bonds. The van der Waals surface area contributed by atoms with Gasteiger partial charge >= 0.3 is 0 Å². The molecule has 0 radical (unpaired) electrons. The molecule has 4 heterocycles. The van der Waals surface area contributed by atoms with Crippen LogP contribution in [0, 0.1) is 0 Å². The maximum absolute atomic E-state index is 12.5. The lowest BCUT2D eigenvalue weighted by Crippen LogP contribution is -2.40. The molecular formula is C14H16N4OS2. The molecule has 0 aromatic carbocycles. The second-order valence-electron chi connectivity index (χ2n) is 5.47. The summed E-state index contributed by atoms with van der Waals surface area (Å²) < 4.78 is 0. The summed E-state index contributed by atoms with van der Waals surface area (Å²) in [5.41, 5.74) is 1.78. The Balaban J connectivity index is 1.47. The fourth-order valence-electron chi connectivity index (χ4n) is 3.49. The van der Waals surface area contributed by atoms with Crippen LogP contribution in [-0.4, -0.2) is 46.2 Å². The highest BCUT2D eigenvalue weighted by Crippen LogP contribution is 2.35. The van der Waals surface area contributed by atoms with Crippen LogP contribution in [0.15, 0.2) is 23.0 Å². The number of hydrogen-bond acceptors (Lipinski definition) is 6. The Labute approximate surface area is 131 Å². The van der Waals surface area contributed by atoms with Gasteiger partial charge in [0.25, 0.3) is 0 Å². The van der Waals surface area contributed by atoms with E-state index in [9.17, 15) is 4.79 Å². The Bertz CT molecular complexity index is 613. The summed E-state index contributed by atoms with van der Waals surface area (Å²) in [6, 6.07) is 4.82. The largest absolute Gasteiger partial charge is 0.341 e. The second kappa shape index (κ2) is 5.38. The first kappa shape index (κ1) is 13.2. The molecular weight excluding hydrogens is 304 g/mol. The molecule has 2 saturated heterocycles. The Morgan fingerprint density at radius 2 is 2.19 bits per heavy atom. The highest BCUT2D eigenvalue weighted by atomic mass is 32.1. The maximum Gasteiger partial charge on any atom is 0.228 e. The van der Waals surface area contributed by atoms with Crippen molar-refractivity contribution in [1.29, 1.82) is 0 Å². The molecule has 0 unspecified atom stereocenters. The quantitative estimate of drug-likeness (QED) is 0.868. The molecule has 2 aliphatic heterocycles. The van der Waals surface area contributed by atoms with Crippen molar-refractivity contribution < 1.29 is 4.79 Å². The smallest absolute Gasteiger partial charge is 0.228 e. The number of nitrogens with zero attached hydrogens (tertiary/aromatic N) is 4. The third-order valence-corrected chi connectivity index (χ3v) is 6.00. The molecule has 2 atom stereocenters. The molecule has 2 fully saturated rings. The van der Waals surface area contributed by atoms with Gasteiger partial charge in [-0.15, -0.1) is 21.5 Å². The molecule has 21 heavy (non-hydrogen) atoms. The van der Waals surface area contributed by atoms with E-state index < -0.39 is 0 Å². The molecule has 0 N–H and O–H groups in total. The van der Waals surface area contributed by atoms with E-state index in [0.717, 1.165) is 35.9 Å². The van der Waals surface area contributed by atoms with Gasteiger partial charge in [-0.1, -0.05) is 17.4 Å². The SMILES string of the molecule is O=C(Cc1cccs1)N1CC[C@H]2[C@H]1CCN2c1nncs1. The number of anilines is 1. The van der Waals surface area contributed by atoms with Crippen LogP contribution in [0.1, 0.15) is 17.7 Å². The van der Waals surface area contributed by atoms with Crippen LogP contribution in [0.3, 0.4) is 0 Å². The summed E-state index contributed by atoms with van der Waals surface area (Å²) >= 11 is 3.24. The third kappa shape index (κ3) is 2.34. The first-order chi connectivity index (χ1) is 10.3. The average Bonchev–Trinajstić information content (AvgIpc) is 3.24. The van der Waals surface area contributed by atoms with Crippen molar-refractivity contribution in [2.24, 2.45) is 0 Å². The van der Waals surface area contributed by atoms with Gasteiger partial charge in [-0.3, -0.25) is 4.79 Å². The monoisotopic (exact) mass is 320 g/mol. The molecule has 110 valence electrons. The van der Waals surface area contributed by atoms with E-state index >= 15 is 0 Å². The Kier molecular flexibility index (Phi) is 3.39. The van der Waals surface area contributed by atoms with E-state index in [-0.39, 0.29) is 5.91 Å². The highest BCUT2D eigenvalue weighted by molar-refractivity contribution is 7.13. The number of fused-ring (bicyclic) bond motifs is 1. The van der Waals surface area contributed by atoms with Crippen LogP contribution in [0.4, 0.5) is 5.13 Å². The van der Waals surface area contributed by atoms with Crippen LogP contribution < -0.4 is 4.90 Å². The molecule has 2 aromatic heterocycles. The molecule has 2 aliphatic rings. The number of aromatic nitrogens is 2. The molecule has 0 spiro atoms. The lowest BCUT2D eigenvalue weighted by Gasteiger charge is -2.25. The zero-order chi connectivity index (χ0) is 14.2. The predicted molar refractivity (Wildman–Crippen MR) is 83.8 cm³/mol.